The van der Waals surface area contributed by atoms with E-state index < -0.39 is 0 Å². The molecule has 1 aromatic heterocycles. The molecule has 3 N–H and O–H groups in total. The van der Waals surface area contributed by atoms with Crippen LogP contribution in [0.1, 0.15) is 12.6 Å². The molecule has 20 heavy (non-hydrogen) atoms. The maximum Gasteiger partial charge on any atom is 0.315 e. The Balaban J connectivity index is 1.87. The van der Waals surface area contributed by atoms with Gasteiger partial charge in [0.05, 0.1) is 12.6 Å². The highest BCUT2D eigenvalue weighted by atomic mass is 79.9. The summed E-state index contributed by atoms with van der Waals surface area (Å²) in [5, 5.41) is 6.67. The summed E-state index contributed by atoms with van der Waals surface area (Å²) in [4.78, 5) is 14.9. The quantitative estimate of drug-likeness (QED) is 0.784. The molecule has 0 bridgehead atoms. The van der Waals surface area contributed by atoms with Gasteiger partial charge in [-0.05, 0) is 31.2 Å². The minimum Gasteiger partial charge on any atom is -0.380 e. The standard InChI is InChI=1S/C14H18BrN3O2/c1-9(20-2)7-16-14(19)17-8-12-6-10-5-11(15)3-4-13(10)18-12/h3-6,9,18H,7-8H2,1-2H3,(H2,16,17,19). The maximum absolute atomic E-state index is 11.6. The molecule has 6 heteroatoms. The first-order valence-corrected chi connectivity index (χ1v) is 7.19. The van der Waals surface area contributed by atoms with Gasteiger partial charge in [0.25, 0.3) is 0 Å². The summed E-state index contributed by atoms with van der Waals surface area (Å²) in [6.07, 6.45) is 0.00572. The zero-order chi connectivity index (χ0) is 14.5. The molecule has 108 valence electrons. The lowest BCUT2D eigenvalue weighted by Crippen LogP contribution is -2.39. The molecule has 2 rings (SSSR count). The van der Waals surface area contributed by atoms with E-state index in [0.29, 0.717) is 13.1 Å². The minimum atomic E-state index is -0.200. The number of hydrogen-bond donors (Lipinski definition) is 3. The van der Waals surface area contributed by atoms with Gasteiger partial charge in [0.2, 0.25) is 0 Å². The molecule has 0 aliphatic carbocycles. The van der Waals surface area contributed by atoms with Crippen LogP contribution in [0.2, 0.25) is 0 Å². The van der Waals surface area contributed by atoms with Crippen molar-refractivity contribution in [2.24, 2.45) is 0 Å². The smallest absolute Gasteiger partial charge is 0.315 e. The summed E-state index contributed by atoms with van der Waals surface area (Å²) in [6, 6.07) is 7.85. The zero-order valence-corrected chi connectivity index (χ0v) is 13.1. The lowest BCUT2D eigenvalue weighted by atomic mass is 10.2. The van der Waals surface area contributed by atoms with Crippen molar-refractivity contribution in [3.63, 3.8) is 0 Å². The van der Waals surface area contributed by atoms with Crippen molar-refractivity contribution in [2.75, 3.05) is 13.7 Å². The molecule has 2 aromatic rings. The van der Waals surface area contributed by atoms with Crippen LogP contribution in [-0.2, 0) is 11.3 Å². The van der Waals surface area contributed by atoms with E-state index in [9.17, 15) is 4.79 Å². The molecule has 2 amide bonds. The third kappa shape index (κ3) is 3.98. The van der Waals surface area contributed by atoms with E-state index in [4.69, 9.17) is 4.74 Å². The number of rotatable bonds is 5. The number of methoxy groups -OCH3 is 1. The molecule has 1 unspecified atom stereocenters. The van der Waals surface area contributed by atoms with Crippen molar-refractivity contribution in [1.29, 1.82) is 0 Å². The molecule has 0 radical (unpaired) electrons. The molecule has 1 atom stereocenters. The van der Waals surface area contributed by atoms with Gasteiger partial charge in [-0.3, -0.25) is 0 Å². The average Bonchev–Trinajstić information content (AvgIpc) is 2.84. The van der Waals surface area contributed by atoms with E-state index in [1.807, 2.05) is 31.2 Å². The monoisotopic (exact) mass is 339 g/mol. The lowest BCUT2D eigenvalue weighted by molar-refractivity contribution is 0.118. The Bertz CT molecular complexity index is 597. The van der Waals surface area contributed by atoms with Gasteiger partial charge in [0, 0.05) is 34.7 Å². The van der Waals surface area contributed by atoms with Gasteiger partial charge in [0.1, 0.15) is 0 Å². The molecule has 1 heterocycles. The number of H-pyrrole nitrogens is 1. The van der Waals surface area contributed by atoms with Crippen molar-refractivity contribution in [1.82, 2.24) is 15.6 Å². The van der Waals surface area contributed by atoms with Crippen LogP contribution in [0.3, 0.4) is 0 Å². The molecule has 0 aliphatic heterocycles. The van der Waals surface area contributed by atoms with Crippen LogP contribution in [0.4, 0.5) is 4.79 Å². The van der Waals surface area contributed by atoms with E-state index in [-0.39, 0.29) is 12.1 Å². The van der Waals surface area contributed by atoms with E-state index in [1.54, 1.807) is 7.11 Å². The Morgan fingerprint density at radius 2 is 2.20 bits per heavy atom. The van der Waals surface area contributed by atoms with Crippen LogP contribution >= 0.6 is 15.9 Å². The molecule has 0 aliphatic rings. The number of benzene rings is 1. The van der Waals surface area contributed by atoms with Crippen molar-refractivity contribution in [3.8, 4) is 0 Å². The van der Waals surface area contributed by atoms with Crippen molar-refractivity contribution in [2.45, 2.75) is 19.6 Å². The number of hydrogen-bond acceptors (Lipinski definition) is 2. The second kappa shape index (κ2) is 6.76. The number of aromatic amines is 1. The molecular weight excluding hydrogens is 322 g/mol. The molecule has 5 nitrogen and oxygen atoms in total. The number of aromatic nitrogens is 1. The van der Waals surface area contributed by atoms with Gasteiger partial charge in [-0.15, -0.1) is 0 Å². The summed E-state index contributed by atoms with van der Waals surface area (Å²) in [6.45, 7) is 2.84. The maximum atomic E-state index is 11.6. The second-order valence-electron chi connectivity index (χ2n) is 4.64. The first-order valence-electron chi connectivity index (χ1n) is 6.40. The summed E-state index contributed by atoms with van der Waals surface area (Å²) in [7, 11) is 1.62. The second-order valence-corrected chi connectivity index (χ2v) is 5.55. The van der Waals surface area contributed by atoms with E-state index in [1.165, 1.54) is 0 Å². The number of nitrogens with one attached hydrogen (secondary N) is 3. The number of fused-ring (bicyclic) bond motifs is 1. The molecule has 0 fully saturated rings. The Hall–Kier alpha value is -1.53. The minimum absolute atomic E-state index is 0.00572. The van der Waals surface area contributed by atoms with Gasteiger partial charge >= 0.3 is 6.03 Å². The van der Waals surface area contributed by atoms with Crippen LogP contribution in [0.25, 0.3) is 10.9 Å². The summed E-state index contributed by atoms with van der Waals surface area (Å²) in [5.41, 5.74) is 2.02. The third-order valence-electron chi connectivity index (χ3n) is 3.03. The van der Waals surface area contributed by atoms with Crippen LogP contribution in [-0.4, -0.2) is 30.8 Å². The first kappa shape index (κ1) is 14.9. The first-order chi connectivity index (χ1) is 9.58. The lowest BCUT2D eigenvalue weighted by Gasteiger charge is -2.11. The predicted molar refractivity (Wildman–Crippen MR) is 82.7 cm³/mol. The largest absolute Gasteiger partial charge is 0.380 e. The number of carbonyl (C=O) groups is 1. The summed E-state index contributed by atoms with van der Waals surface area (Å²) < 4.78 is 6.10. The summed E-state index contributed by atoms with van der Waals surface area (Å²) >= 11 is 3.44. The molecule has 1 aromatic carbocycles. The van der Waals surface area contributed by atoms with Crippen LogP contribution in [0, 0.1) is 0 Å². The van der Waals surface area contributed by atoms with Gasteiger partial charge in [0.15, 0.2) is 0 Å². The normalized spacial score (nSPS) is 12.3. The average molecular weight is 340 g/mol. The topological polar surface area (TPSA) is 66.2 Å². The Morgan fingerprint density at radius 3 is 2.95 bits per heavy atom. The van der Waals surface area contributed by atoms with Gasteiger partial charge in [-0.25, -0.2) is 4.79 Å². The summed E-state index contributed by atoms with van der Waals surface area (Å²) in [5.74, 6) is 0. The van der Waals surface area contributed by atoms with Gasteiger partial charge in [-0.1, -0.05) is 15.9 Å². The van der Waals surface area contributed by atoms with E-state index >= 15 is 0 Å². The molecular formula is C14H18BrN3O2. The third-order valence-corrected chi connectivity index (χ3v) is 3.52. The fourth-order valence-corrected chi connectivity index (χ4v) is 2.20. The highest BCUT2D eigenvalue weighted by molar-refractivity contribution is 9.10. The Kier molecular flexibility index (Phi) is 5.03. The van der Waals surface area contributed by atoms with Gasteiger partial charge in [-0.2, -0.15) is 0 Å². The van der Waals surface area contributed by atoms with Crippen LogP contribution in [0.5, 0.6) is 0 Å². The van der Waals surface area contributed by atoms with Crippen molar-refractivity contribution < 1.29 is 9.53 Å². The molecule has 0 saturated heterocycles. The fraction of sp³-hybridized carbons (Fsp3) is 0.357. The number of urea groups is 1. The number of carbonyl (C=O) groups excluding carboxylic acids is 1. The molecule has 0 saturated carbocycles. The zero-order valence-electron chi connectivity index (χ0n) is 11.5. The highest BCUT2D eigenvalue weighted by Crippen LogP contribution is 2.20. The van der Waals surface area contributed by atoms with Crippen LogP contribution in [0.15, 0.2) is 28.7 Å². The SMILES string of the molecule is COC(C)CNC(=O)NCc1cc2cc(Br)ccc2[nH]1. The fourth-order valence-electron chi connectivity index (χ4n) is 1.82. The number of halogens is 1. The number of amides is 2. The Labute approximate surface area is 126 Å². The van der Waals surface area contributed by atoms with Crippen molar-refractivity contribution >= 4 is 32.9 Å². The van der Waals surface area contributed by atoms with Crippen LogP contribution < -0.4 is 10.6 Å². The molecule has 0 spiro atoms. The predicted octanol–water partition coefficient (Wildman–Crippen LogP) is 2.76. The highest BCUT2D eigenvalue weighted by Gasteiger charge is 2.05. The Morgan fingerprint density at radius 1 is 1.40 bits per heavy atom. The van der Waals surface area contributed by atoms with E-state index in [0.717, 1.165) is 21.1 Å². The van der Waals surface area contributed by atoms with Gasteiger partial charge < -0.3 is 20.4 Å². The van der Waals surface area contributed by atoms with E-state index in [2.05, 4.69) is 31.5 Å². The number of ether oxygens (including phenoxy) is 1. The van der Waals surface area contributed by atoms with Crippen molar-refractivity contribution in [3.05, 3.63) is 34.4 Å².